The molecule has 1 aliphatic rings. The minimum Gasteiger partial charge on any atom is -0.478 e. The Morgan fingerprint density at radius 2 is 1.67 bits per heavy atom. The van der Waals surface area contributed by atoms with Gasteiger partial charge in [0.05, 0.1) is 18.3 Å². The van der Waals surface area contributed by atoms with Gasteiger partial charge in [-0.25, -0.2) is 9.59 Å². The predicted octanol–water partition coefficient (Wildman–Crippen LogP) is 2.28. The van der Waals surface area contributed by atoms with Crippen molar-refractivity contribution in [3.8, 4) is 0 Å². The minimum absolute atomic E-state index is 0.0421. The van der Waals surface area contributed by atoms with Crippen molar-refractivity contribution in [3.63, 3.8) is 0 Å². The Labute approximate surface area is 125 Å². The van der Waals surface area contributed by atoms with Crippen LogP contribution < -0.4 is 0 Å². The predicted molar refractivity (Wildman–Crippen MR) is 77.1 cm³/mol. The van der Waals surface area contributed by atoms with Crippen LogP contribution in [-0.4, -0.2) is 31.3 Å². The molecule has 1 aliphatic carbocycles. The van der Waals surface area contributed by atoms with Crippen LogP contribution >= 0.6 is 0 Å². The summed E-state index contributed by atoms with van der Waals surface area (Å²) in [6.07, 6.45) is 5.89. The van der Waals surface area contributed by atoms with E-state index in [2.05, 4.69) is 0 Å². The quantitative estimate of drug-likeness (QED) is 0.478. The number of hydrogen-bond donors (Lipinski definition) is 1. The van der Waals surface area contributed by atoms with Crippen molar-refractivity contribution in [1.82, 2.24) is 0 Å². The summed E-state index contributed by atoms with van der Waals surface area (Å²) in [4.78, 5) is 23.5. The number of carboxylic acid groups (broad SMARTS) is 1. The van der Waals surface area contributed by atoms with Gasteiger partial charge in [-0.1, -0.05) is 11.1 Å². The monoisotopic (exact) mass is 291 g/mol. The number of carboxylic acids is 1. The first-order valence-corrected chi connectivity index (χ1v) is 6.34. The van der Waals surface area contributed by atoms with Crippen LogP contribution in [0.25, 0.3) is 0 Å². The second kappa shape index (κ2) is 7.41. The van der Waals surface area contributed by atoms with Crippen molar-refractivity contribution in [2.24, 2.45) is 0 Å². The van der Waals surface area contributed by atoms with Gasteiger partial charge in [-0.3, -0.25) is 0 Å². The molecule has 1 rings (SSSR count). The molecule has 5 radical (unpaired) electrons. The maximum atomic E-state index is 12.0. The SMILES string of the molecule is CO[C]1[CH][CH][C](/C(C)=C(/C(=O)OC)C(C(=O)O)=C(C)C)[CH]1. The lowest BCUT2D eigenvalue weighted by molar-refractivity contribution is -0.138. The summed E-state index contributed by atoms with van der Waals surface area (Å²) < 4.78 is 9.84. The third kappa shape index (κ3) is 3.94. The van der Waals surface area contributed by atoms with Crippen LogP contribution in [0.4, 0.5) is 0 Å². The average molecular weight is 291 g/mol. The van der Waals surface area contributed by atoms with E-state index in [1.54, 1.807) is 40.0 Å². The van der Waals surface area contributed by atoms with Crippen LogP contribution in [0.1, 0.15) is 20.8 Å². The fourth-order valence-corrected chi connectivity index (χ4v) is 2.04. The second-order valence-electron chi connectivity index (χ2n) is 4.71. The summed E-state index contributed by atoms with van der Waals surface area (Å²) in [5.74, 6) is -1.12. The molecule has 0 spiro atoms. The Morgan fingerprint density at radius 1 is 1.05 bits per heavy atom. The van der Waals surface area contributed by atoms with Crippen molar-refractivity contribution >= 4 is 11.9 Å². The van der Waals surface area contributed by atoms with Crippen LogP contribution in [0, 0.1) is 31.3 Å². The molecule has 1 fully saturated rings. The zero-order chi connectivity index (χ0) is 16.2. The molecule has 0 bridgehead atoms. The Hall–Kier alpha value is -1.62. The number of aliphatic carboxylic acids is 1. The molecule has 21 heavy (non-hydrogen) atoms. The Morgan fingerprint density at radius 3 is 2.05 bits per heavy atom. The van der Waals surface area contributed by atoms with Crippen LogP contribution in [0.3, 0.4) is 0 Å². The Balaban J connectivity index is 3.30. The maximum absolute atomic E-state index is 12.0. The number of carbonyl (C=O) groups is 2. The fourth-order valence-electron chi connectivity index (χ4n) is 2.04. The Kier molecular flexibility index (Phi) is 6.15. The van der Waals surface area contributed by atoms with E-state index in [0.717, 1.165) is 0 Å². The van der Waals surface area contributed by atoms with Gasteiger partial charge in [0, 0.05) is 25.9 Å². The molecular formula is C16H19O5. The van der Waals surface area contributed by atoms with Gasteiger partial charge < -0.3 is 14.6 Å². The van der Waals surface area contributed by atoms with Crippen molar-refractivity contribution in [1.29, 1.82) is 0 Å². The smallest absolute Gasteiger partial charge is 0.338 e. The molecular weight excluding hydrogens is 272 g/mol. The molecule has 0 aliphatic heterocycles. The Bertz CT molecular complexity index is 483. The van der Waals surface area contributed by atoms with E-state index in [9.17, 15) is 14.7 Å². The highest BCUT2D eigenvalue weighted by Crippen LogP contribution is 2.39. The standard InChI is InChI=1S/C16H19O5/c1-9(2)13(15(17)18)14(16(19)21-5)10(3)11-6-7-12(8-11)20-4/h6-8H,1-5H3,(H,17,18)/b14-10+. The first-order chi connectivity index (χ1) is 9.83. The molecule has 0 heterocycles. The first kappa shape index (κ1) is 17.4. The molecule has 5 heteroatoms. The summed E-state index contributed by atoms with van der Waals surface area (Å²) in [6, 6.07) is 0. The number of carbonyl (C=O) groups excluding carboxylic acids is 1. The largest absolute Gasteiger partial charge is 0.478 e. The maximum Gasteiger partial charge on any atom is 0.338 e. The van der Waals surface area contributed by atoms with Crippen molar-refractivity contribution in [3.05, 3.63) is 53.6 Å². The molecule has 0 aromatic heterocycles. The normalized spacial score (nSPS) is 17.4. The first-order valence-electron chi connectivity index (χ1n) is 6.34. The van der Waals surface area contributed by atoms with E-state index in [1.807, 2.05) is 0 Å². The van der Waals surface area contributed by atoms with E-state index < -0.39 is 11.9 Å². The van der Waals surface area contributed by atoms with Gasteiger partial charge in [0.25, 0.3) is 0 Å². The van der Waals surface area contributed by atoms with E-state index in [0.29, 0.717) is 23.2 Å². The highest BCUT2D eigenvalue weighted by molar-refractivity contribution is 6.07. The molecule has 1 saturated carbocycles. The molecule has 1 N–H and O–H groups in total. The molecule has 0 saturated heterocycles. The van der Waals surface area contributed by atoms with E-state index in [4.69, 9.17) is 9.47 Å². The lowest BCUT2D eigenvalue weighted by Crippen LogP contribution is -2.18. The van der Waals surface area contributed by atoms with Gasteiger partial charge in [-0.15, -0.1) is 0 Å². The molecule has 113 valence electrons. The summed E-state index contributed by atoms with van der Waals surface area (Å²) in [5.41, 5.74) is 1.07. The molecule has 0 amide bonds. The summed E-state index contributed by atoms with van der Waals surface area (Å²) >= 11 is 0. The fraction of sp³-hybridized carbons (Fsp3) is 0.312. The number of hydrogen-bond acceptors (Lipinski definition) is 4. The minimum atomic E-state index is -1.16. The molecule has 0 aromatic carbocycles. The van der Waals surface area contributed by atoms with Gasteiger partial charge >= 0.3 is 11.9 Å². The highest BCUT2D eigenvalue weighted by atomic mass is 16.5. The van der Waals surface area contributed by atoms with Crippen LogP contribution in [0.5, 0.6) is 0 Å². The summed E-state index contributed by atoms with van der Waals surface area (Å²) in [5, 5.41) is 9.38. The lowest BCUT2D eigenvalue weighted by Gasteiger charge is -2.17. The molecule has 0 unspecified atom stereocenters. The lowest BCUT2D eigenvalue weighted by atomic mass is 9.88. The third-order valence-electron chi connectivity index (χ3n) is 3.12. The zero-order valence-corrected chi connectivity index (χ0v) is 12.8. The number of rotatable bonds is 5. The van der Waals surface area contributed by atoms with E-state index in [-0.39, 0.29) is 11.1 Å². The summed E-state index contributed by atoms with van der Waals surface area (Å²) in [6.45, 7) is 4.98. The van der Waals surface area contributed by atoms with Crippen molar-refractivity contribution in [2.75, 3.05) is 14.2 Å². The van der Waals surface area contributed by atoms with Gasteiger partial charge in [0.2, 0.25) is 0 Å². The van der Waals surface area contributed by atoms with E-state index in [1.165, 1.54) is 14.2 Å². The van der Waals surface area contributed by atoms with Gasteiger partial charge in [0.15, 0.2) is 0 Å². The van der Waals surface area contributed by atoms with Gasteiger partial charge in [-0.2, -0.15) is 0 Å². The number of methoxy groups -OCH3 is 2. The van der Waals surface area contributed by atoms with Crippen molar-refractivity contribution < 1.29 is 24.2 Å². The number of esters is 1. The van der Waals surface area contributed by atoms with Crippen molar-refractivity contribution in [2.45, 2.75) is 20.8 Å². The van der Waals surface area contributed by atoms with Crippen LogP contribution in [0.15, 0.2) is 22.3 Å². The average Bonchev–Trinajstić information content (AvgIpc) is 2.91. The number of allylic oxidation sites excluding steroid dienone is 2. The molecule has 0 aromatic rings. The topological polar surface area (TPSA) is 72.8 Å². The zero-order valence-electron chi connectivity index (χ0n) is 12.8. The third-order valence-corrected chi connectivity index (χ3v) is 3.12. The molecule has 0 atom stereocenters. The van der Waals surface area contributed by atoms with Gasteiger partial charge in [0.1, 0.15) is 6.10 Å². The molecule has 5 nitrogen and oxygen atoms in total. The van der Waals surface area contributed by atoms with Gasteiger partial charge in [-0.05, 0) is 27.2 Å². The second-order valence-corrected chi connectivity index (χ2v) is 4.71. The van der Waals surface area contributed by atoms with E-state index >= 15 is 0 Å². The highest BCUT2D eigenvalue weighted by Gasteiger charge is 2.33. The van der Waals surface area contributed by atoms with Crippen LogP contribution in [0.2, 0.25) is 0 Å². The summed E-state index contributed by atoms with van der Waals surface area (Å²) in [7, 11) is 2.77. The van der Waals surface area contributed by atoms with Crippen LogP contribution in [-0.2, 0) is 19.1 Å². The number of ether oxygens (including phenoxy) is 2.